The van der Waals surface area contributed by atoms with E-state index in [2.05, 4.69) is 19.3 Å². The molecule has 2 saturated heterocycles. The van der Waals surface area contributed by atoms with Gasteiger partial charge in [-0.3, -0.25) is 22.9 Å². The molecule has 2 aromatic rings. The van der Waals surface area contributed by atoms with E-state index < -0.39 is 97.6 Å². The van der Waals surface area contributed by atoms with Crippen LogP contribution in [0.3, 0.4) is 0 Å². The number of ether oxygens (including phenoxy) is 2. The minimum Gasteiger partial charge on any atom is -0.387 e. The zero-order valence-corrected chi connectivity index (χ0v) is 27.0. The van der Waals surface area contributed by atoms with Gasteiger partial charge in [-0.2, -0.15) is 4.31 Å². The standard InChI is InChI=1S/C21H32N7O17P3/c22-17-12-19(25-7-24-17)28(8-26-12)21-16(44-46(33,34)35)14(30)11(43-21)6-41-48(38,39)45-47(36,37)40-5-10-13(29)15(31)20(42-10)27-3-1-2-9(4-27)18(23)32/h1,3,7-11,13-16,20-21,29-31H,2,4-6H2,(H2,23,32)(H,36,37)(H,38,39)(H2,22,24,25)(H2,33,34,35)/t9-,10+,11+,13+,14+,15+,16+,20+,21+/m0/s1. The topological polar surface area (TPSA) is 364 Å². The fourth-order valence-electron chi connectivity index (χ4n) is 5.21. The van der Waals surface area contributed by atoms with Crippen molar-refractivity contribution >= 4 is 46.4 Å². The number of primary amides is 1. The molecule has 0 aromatic carbocycles. The zero-order chi connectivity index (χ0) is 35.2. The summed E-state index contributed by atoms with van der Waals surface area (Å²) in [6, 6.07) is 0. The van der Waals surface area contributed by atoms with Crippen molar-refractivity contribution in [2.75, 3.05) is 25.5 Å². The van der Waals surface area contributed by atoms with E-state index in [4.69, 9.17) is 34.5 Å². The van der Waals surface area contributed by atoms with Crippen LogP contribution in [0.1, 0.15) is 12.6 Å². The van der Waals surface area contributed by atoms with Crippen LogP contribution in [0, 0.1) is 5.92 Å². The van der Waals surface area contributed by atoms with Crippen molar-refractivity contribution in [3.05, 3.63) is 24.9 Å². The number of phosphoric ester groups is 3. The maximum absolute atomic E-state index is 12.6. The molecule has 0 bridgehead atoms. The monoisotopic (exact) mass is 747 g/mol. The van der Waals surface area contributed by atoms with Crippen LogP contribution in [0.4, 0.5) is 5.82 Å². The number of fused-ring (bicyclic) bond motifs is 1. The molecule has 11 N–H and O–H groups in total. The second kappa shape index (κ2) is 14.0. The first-order chi connectivity index (χ1) is 22.4. The number of aromatic nitrogens is 4. The number of nitrogen functional groups attached to an aromatic ring is 1. The molecule has 24 nitrogen and oxygen atoms in total. The number of nitrogens with two attached hydrogens (primary N) is 2. The van der Waals surface area contributed by atoms with Gasteiger partial charge in [0.2, 0.25) is 5.91 Å². The second-order valence-electron chi connectivity index (χ2n) is 10.8. The molecule has 27 heteroatoms. The summed E-state index contributed by atoms with van der Waals surface area (Å²) in [5, 5.41) is 31.6. The summed E-state index contributed by atoms with van der Waals surface area (Å²) in [5.41, 5.74) is 11.2. The molecule has 3 aliphatic heterocycles. The van der Waals surface area contributed by atoms with Gasteiger partial charge in [0.15, 0.2) is 23.9 Å². The van der Waals surface area contributed by atoms with Gasteiger partial charge in [0.1, 0.15) is 48.5 Å². The number of hydrogen-bond acceptors (Lipinski definition) is 18. The largest absolute Gasteiger partial charge is 0.481 e. The molecular formula is C21H32N7O17P3. The smallest absolute Gasteiger partial charge is 0.387 e. The van der Waals surface area contributed by atoms with Crippen LogP contribution in [0.25, 0.3) is 11.2 Å². The Bertz CT molecular complexity index is 1680. The second-order valence-corrected chi connectivity index (χ2v) is 15.0. The van der Waals surface area contributed by atoms with Gasteiger partial charge in [-0.1, -0.05) is 6.08 Å². The van der Waals surface area contributed by atoms with Gasteiger partial charge < -0.3 is 60.7 Å². The van der Waals surface area contributed by atoms with Crippen LogP contribution in [0.2, 0.25) is 0 Å². The van der Waals surface area contributed by atoms with E-state index in [1.165, 1.54) is 11.1 Å². The summed E-state index contributed by atoms with van der Waals surface area (Å²) in [7, 11) is -16.2. The number of carbonyl (C=O) groups is 1. The van der Waals surface area contributed by atoms with Crippen molar-refractivity contribution < 1.29 is 80.7 Å². The first kappa shape index (κ1) is 36.8. The molecule has 0 spiro atoms. The number of anilines is 1. The quantitative estimate of drug-likeness (QED) is 0.0932. The molecule has 268 valence electrons. The molecule has 48 heavy (non-hydrogen) atoms. The number of nitrogens with zero attached hydrogens (tertiary/aromatic N) is 5. The SMILES string of the molecule is NC(=O)[C@H]1CC=CN([C@@H]2O[C@H](COP(=O)(O)OP(=O)(O)OC[C@H]3O[C@@H](n4cnc5c(N)ncnc54)[C@H](OP(=O)(O)O)[C@@H]3O)[C@@H](O)[C@H]2O)C1. The predicted molar refractivity (Wildman–Crippen MR) is 153 cm³/mol. The highest BCUT2D eigenvalue weighted by Crippen LogP contribution is 2.61. The Morgan fingerprint density at radius 2 is 1.56 bits per heavy atom. The van der Waals surface area contributed by atoms with Crippen molar-refractivity contribution in [2.45, 2.75) is 55.5 Å². The van der Waals surface area contributed by atoms with Gasteiger partial charge in [0, 0.05) is 6.54 Å². The predicted octanol–water partition coefficient (Wildman–Crippen LogP) is -2.84. The van der Waals surface area contributed by atoms with Crippen LogP contribution in [0.5, 0.6) is 0 Å². The third-order valence-electron chi connectivity index (χ3n) is 7.46. The number of amides is 1. The molecule has 11 atom stereocenters. The lowest BCUT2D eigenvalue weighted by molar-refractivity contribution is -0.125. The molecule has 2 unspecified atom stereocenters. The molecule has 2 aromatic heterocycles. The Kier molecular flexibility index (Phi) is 10.8. The van der Waals surface area contributed by atoms with Crippen molar-refractivity contribution in [1.82, 2.24) is 24.4 Å². The number of aliphatic hydroxyl groups excluding tert-OH is 3. The number of imidazole rings is 1. The molecule has 0 aliphatic carbocycles. The summed E-state index contributed by atoms with van der Waals surface area (Å²) in [6.07, 6.45) is -7.26. The molecule has 5 rings (SSSR count). The normalized spacial score (nSPS) is 33.6. The van der Waals surface area contributed by atoms with E-state index in [9.17, 15) is 53.4 Å². The zero-order valence-electron chi connectivity index (χ0n) is 24.3. The van der Waals surface area contributed by atoms with E-state index in [1.54, 1.807) is 6.08 Å². The Morgan fingerprint density at radius 3 is 2.19 bits per heavy atom. The Labute approximate surface area is 269 Å². The number of carbonyl (C=O) groups excluding carboxylic acids is 1. The van der Waals surface area contributed by atoms with Gasteiger partial charge in [0.05, 0.1) is 25.5 Å². The van der Waals surface area contributed by atoms with Crippen molar-refractivity contribution in [2.24, 2.45) is 11.7 Å². The van der Waals surface area contributed by atoms with Crippen LogP contribution < -0.4 is 11.5 Å². The molecular weight excluding hydrogens is 715 g/mol. The Morgan fingerprint density at radius 1 is 0.938 bits per heavy atom. The van der Waals surface area contributed by atoms with E-state index in [-0.39, 0.29) is 23.5 Å². The lowest BCUT2D eigenvalue weighted by atomic mass is 10.0. The molecule has 0 saturated carbocycles. The van der Waals surface area contributed by atoms with Gasteiger partial charge in [-0.15, -0.1) is 0 Å². The number of aliphatic hydroxyl groups is 3. The molecule has 2 fully saturated rings. The minimum absolute atomic E-state index is 0.00700. The number of phosphoric acid groups is 3. The summed E-state index contributed by atoms with van der Waals surface area (Å²) >= 11 is 0. The first-order valence-corrected chi connectivity index (χ1v) is 18.3. The van der Waals surface area contributed by atoms with Crippen molar-refractivity contribution in [3.63, 3.8) is 0 Å². The van der Waals surface area contributed by atoms with Crippen LogP contribution in [-0.2, 0) is 45.8 Å². The maximum Gasteiger partial charge on any atom is 0.481 e. The lowest BCUT2D eigenvalue weighted by Gasteiger charge is -2.34. The van der Waals surface area contributed by atoms with Gasteiger partial charge in [-0.25, -0.2) is 28.6 Å². The van der Waals surface area contributed by atoms with E-state index >= 15 is 0 Å². The Balaban J connectivity index is 1.19. The van der Waals surface area contributed by atoms with Gasteiger partial charge in [0.25, 0.3) is 0 Å². The molecule has 3 aliphatic rings. The average molecular weight is 747 g/mol. The third kappa shape index (κ3) is 8.28. The van der Waals surface area contributed by atoms with Crippen molar-refractivity contribution in [3.8, 4) is 0 Å². The summed E-state index contributed by atoms with van der Waals surface area (Å²) in [6.45, 7) is -1.95. The highest BCUT2D eigenvalue weighted by Gasteiger charge is 2.51. The third-order valence-corrected chi connectivity index (χ3v) is 10.6. The fraction of sp³-hybridized carbons (Fsp3) is 0.619. The molecule has 0 radical (unpaired) electrons. The minimum atomic E-state index is -5.51. The first-order valence-electron chi connectivity index (χ1n) is 13.8. The summed E-state index contributed by atoms with van der Waals surface area (Å²) in [5.74, 6) is -1.25. The van der Waals surface area contributed by atoms with E-state index in [0.29, 0.717) is 6.42 Å². The van der Waals surface area contributed by atoms with Gasteiger partial charge in [-0.05, 0) is 12.6 Å². The Hall–Kier alpha value is -2.47. The van der Waals surface area contributed by atoms with Crippen LogP contribution >= 0.6 is 23.5 Å². The highest BCUT2D eigenvalue weighted by molar-refractivity contribution is 7.61. The average Bonchev–Trinajstić information content (AvgIpc) is 3.64. The van der Waals surface area contributed by atoms with Crippen LogP contribution in [-0.4, -0.2) is 128 Å². The van der Waals surface area contributed by atoms with Crippen molar-refractivity contribution in [1.29, 1.82) is 0 Å². The number of rotatable bonds is 13. The lowest BCUT2D eigenvalue weighted by Crippen LogP contribution is -2.46. The van der Waals surface area contributed by atoms with Crippen LogP contribution in [0.15, 0.2) is 24.9 Å². The maximum atomic E-state index is 12.6. The number of hydrogen-bond donors (Lipinski definition) is 9. The summed E-state index contributed by atoms with van der Waals surface area (Å²) < 4.78 is 67.3. The molecule has 5 heterocycles. The summed E-state index contributed by atoms with van der Waals surface area (Å²) in [4.78, 5) is 63.7. The van der Waals surface area contributed by atoms with E-state index in [1.807, 2.05) is 0 Å². The number of allylic oxidation sites excluding steroid dienone is 1. The molecule has 1 amide bonds. The van der Waals surface area contributed by atoms with Gasteiger partial charge >= 0.3 is 23.5 Å². The highest BCUT2D eigenvalue weighted by atomic mass is 31.3. The fourth-order valence-corrected chi connectivity index (χ4v) is 7.84. The van der Waals surface area contributed by atoms with E-state index in [0.717, 1.165) is 17.2 Å².